The van der Waals surface area contributed by atoms with E-state index in [4.69, 9.17) is 21.7 Å². The summed E-state index contributed by atoms with van der Waals surface area (Å²) in [6, 6.07) is 5.49. The van der Waals surface area contributed by atoms with Gasteiger partial charge < -0.3 is 15.7 Å². The summed E-state index contributed by atoms with van der Waals surface area (Å²) in [7, 11) is 0. The summed E-state index contributed by atoms with van der Waals surface area (Å²) in [6.45, 7) is 8.36. The Morgan fingerprint density at radius 1 is 1.33 bits per heavy atom. The van der Waals surface area contributed by atoms with E-state index in [1.54, 1.807) is 6.07 Å². The molecule has 0 spiro atoms. The lowest BCUT2D eigenvalue weighted by Crippen LogP contribution is -2.53. The Hall–Kier alpha value is -2.37. The lowest BCUT2D eigenvalue weighted by Gasteiger charge is -2.39. The summed E-state index contributed by atoms with van der Waals surface area (Å²) >= 11 is 7.46. The molecule has 1 aromatic carbocycles. The predicted molar refractivity (Wildman–Crippen MR) is 133 cm³/mol. The van der Waals surface area contributed by atoms with Crippen LogP contribution < -0.4 is 10.6 Å². The van der Waals surface area contributed by atoms with Gasteiger partial charge in [0.05, 0.1) is 23.5 Å². The van der Waals surface area contributed by atoms with Crippen LogP contribution in [0.1, 0.15) is 28.6 Å². The van der Waals surface area contributed by atoms with E-state index >= 15 is 0 Å². The van der Waals surface area contributed by atoms with Crippen LogP contribution in [0.15, 0.2) is 34.4 Å². The van der Waals surface area contributed by atoms with Gasteiger partial charge in [-0.25, -0.2) is 9.98 Å². The van der Waals surface area contributed by atoms with Crippen LogP contribution in [0.4, 0.5) is 10.8 Å². The van der Waals surface area contributed by atoms with Gasteiger partial charge in [-0.05, 0) is 25.5 Å². The molecule has 0 bridgehead atoms. The minimum atomic E-state index is -0.261. The molecule has 1 saturated heterocycles. The number of carbonyl (C=O) groups is 1. The van der Waals surface area contributed by atoms with Crippen molar-refractivity contribution in [1.82, 2.24) is 20.1 Å². The number of aliphatic imine (C=N–C) groups is 2. The Morgan fingerprint density at radius 2 is 2.12 bits per heavy atom. The number of anilines is 1. The first-order valence-corrected chi connectivity index (χ1v) is 12.1. The summed E-state index contributed by atoms with van der Waals surface area (Å²) in [4.78, 5) is 31.5. The Balaban J connectivity index is 1.41. The minimum Gasteiger partial charge on any atom is -0.395 e. The molecule has 0 aliphatic carbocycles. The number of hydrogen-bond acceptors (Lipinski definition) is 8. The van der Waals surface area contributed by atoms with E-state index in [2.05, 4.69) is 30.4 Å². The van der Waals surface area contributed by atoms with Crippen molar-refractivity contribution in [2.24, 2.45) is 9.98 Å². The molecule has 3 N–H and O–H groups in total. The van der Waals surface area contributed by atoms with Crippen molar-refractivity contribution in [2.75, 3.05) is 44.6 Å². The fourth-order valence-corrected chi connectivity index (χ4v) is 4.92. The Morgan fingerprint density at radius 3 is 2.85 bits per heavy atom. The van der Waals surface area contributed by atoms with Gasteiger partial charge in [-0.1, -0.05) is 35.1 Å². The number of thiazole rings is 1. The molecule has 1 unspecified atom stereocenters. The summed E-state index contributed by atoms with van der Waals surface area (Å²) in [5, 5.41) is 16.3. The number of β-amino-alcohol motifs (C(OH)–C–C–N with tert-alkyl or cyclic N) is 1. The third-order valence-corrected chi connectivity index (χ3v) is 6.90. The fourth-order valence-electron chi connectivity index (χ4n) is 3.95. The van der Waals surface area contributed by atoms with Crippen LogP contribution in [-0.2, 0) is 0 Å². The molecule has 176 valence electrons. The number of amides is 1. The molecule has 1 amide bonds. The van der Waals surface area contributed by atoms with Gasteiger partial charge in [0, 0.05) is 39.1 Å². The van der Waals surface area contributed by atoms with Gasteiger partial charge in [-0.15, -0.1) is 0 Å². The second-order valence-corrected chi connectivity index (χ2v) is 9.49. The zero-order valence-corrected chi connectivity index (χ0v) is 20.3. The van der Waals surface area contributed by atoms with E-state index in [-0.39, 0.29) is 18.7 Å². The number of aliphatic hydroxyl groups is 1. The Bertz CT molecular complexity index is 1040. The van der Waals surface area contributed by atoms with Crippen LogP contribution in [0.25, 0.3) is 0 Å². The van der Waals surface area contributed by atoms with E-state index in [0.29, 0.717) is 33.7 Å². The van der Waals surface area contributed by atoms with Gasteiger partial charge in [0.2, 0.25) is 5.13 Å². The number of piperazine rings is 1. The van der Waals surface area contributed by atoms with E-state index in [0.717, 1.165) is 43.4 Å². The number of hydrogen-bond donors (Lipinski definition) is 3. The van der Waals surface area contributed by atoms with Gasteiger partial charge in [0.25, 0.3) is 5.91 Å². The van der Waals surface area contributed by atoms with Crippen molar-refractivity contribution < 1.29 is 9.90 Å². The van der Waals surface area contributed by atoms with Crippen LogP contribution in [0.3, 0.4) is 0 Å². The molecule has 2 aliphatic heterocycles. The second kappa shape index (κ2) is 10.7. The number of aryl methyl sites for hydroxylation is 1. The third kappa shape index (κ3) is 5.96. The van der Waals surface area contributed by atoms with Crippen LogP contribution in [0, 0.1) is 6.92 Å². The maximum absolute atomic E-state index is 12.7. The second-order valence-electron chi connectivity index (χ2n) is 8.08. The highest BCUT2D eigenvalue weighted by molar-refractivity contribution is 7.17. The number of aliphatic hydroxyl groups excluding tert-OH is 1. The smallest absolute Gasteiger partial charge is 0.267 e. The van der Waals surface area contributed by atoms with Crippen molar-refractivity contribution in [3.05, 3.63) is 39.9 Å². The molecule has 2 aliphatic rings. The van der Waals surface area contributed by atoms with Gasteiger partial charge >= 0.3 is 0 Å². The maximum atomic E-state index is 12.7. The Kier molecular flexibility index (Phi) is 7.71. The molecule has 0 radical (unpaired) electrons. The number of benzene rings is 1. The number of nitrogens with one attached hydrogen (secondary N) is 2. The van der Waals surface area contributed by atoms with E-state index in [9.17, 15) is 4.79 Å². The molecule has 1 atom stereocenters. The number of amidine groups is 2. The summed E-state index contributed by atoms with van der Waals surface area (Å²) < 4.78 is 0. The van der Waals surface area contributed by atoms with Crippen LogP contribution in [0.5, 0.6) is 0 Å². The fraction of sp³-hybridized carbons (Fsp3) is 0.455. The minimum absolute atomic E-state index is 0.0206. The zero-order chi connectivity index (χ0) is 23.4. The molecule has 1 aromatic heterocycles. The molecular weight excluding hydrogens is 462 g/mol. The molecular formula is C22H28ClN7O2S. The average Bonchev–Trinajstić information content (AvgIpc) is 3.25. The largest absolute Gasteiger partial charge is 0.395 e. The molecule has 9 nitrogen and oxygen atoms in total. The number of nitrogens with zero attached hydrogens (tertiary/aromatic N) is 5. The van der Waals surface area contributed by atoms with Crippen molar-refractivity contribution in [2.45, 2.75) is 26.4 Å². The number of halogens is 1. The van der Waals surface area contributed by atoms with E-state index in [1.807, 2.05) is 26.0 Å². The third-order valence-electron chi connectivity index (χ3n) is 5.70. The van der Waals surface area contributed by atoms with Gasteiger partial charge in [-0.2, -0.15) is 0 Å². The van der Waals surface area contributed by atoms with Crippen LogP contribution >= 0.6 is 22.9 Å². The number of rotatable bonds is 6. The van der Waals surface area contributed by atoms with Crippen LogP contribution in [0.2, 0.25) is 5.02 Å². The zero-order valence-electron chi connectivity index (χ0n) is 18.7. The van der Waals surface area contributed by atoms with Crippen molar-refractivity contribution in [3.8, 4) is 0 Å². The first-order chi connectivity index (χ1) is 15.9. The number of aromatic nitrogens is 1. The SMILES string of the molecule is CC1=NC(N2CCN(CCO)CC2)CC(=Nc2ncc(C(=O)Nc3c(C)cccc3Cl)s2)N1. The highest BCUT2D eigenvalue weighted by Gasteiger charge is 2.27. The lowest BCUT2D eigenvalue weighted by molar-refractivity contribution is 0.0872. The van der Waals surface area contributed by atoms with E-state index in [1.165, 1.54) is 17.5 Å². The van der Waals surface area contributed by atoms with Crippen molar-refractivity contribution in [3.63, 3.8) is 0 Å². The lowest BCUT2D eigenvalue weighted by atomic mass is 10.2. The van der Waals surface area contributed by atoms with Gasteiger partial charge in [0.1, 0.15) is 22.7 Å². The van der Waals surface area contributed by atoms with Gasteiger partial charge in [0.15, 0.2) is 0 Å². The molecule has 1 fully saturated rings. The molecule has 11 heteroatoms. The molecule has 33 heavy (non-hydrogen) atoms. The highest BCUT2D eigenvalue weighted by atomic mass is 35.5. The Labute approximate surface area is 202 Å². The quantitative estimate of drug-likeness (QED) is 0.576. The highest BCUT2D eigenvalue weighted by Crippen LogP contribution is 2.28. The molecule has 0 saturated carbocycles. The summed E-state index contributed by atoms with van der Waals surface area (Å²) in [6.07, 6.45) is 2.21. The average molecular weight is 490 g/mol. The molecule has 3 heterocycles. The normalized spacial score (nSPS) is 21.0. The summed E-state index contributed by atoms with van der Waals surface area (Å²) in [5.41, 5.74) is 1.50. The van der Waals surface area contributed by atoms with Crippen molar-refractivity contribution in [1.29, 1.82) is 0 Å². The maximum Gasteiger partial charge on any atom is 0.267 e. The summed E-state index contributed by atoms with van der Waals surface area (Å²) in [5.74, 6) is 1.34. The monoisotopic (exact) mass is 489 g/mol. The van der Waals surface area contributed by atoms with E-state index < -0.39 is 0 Å². The van der Waals surface area contributed by atoms with Gasteiger partial charge in [-0.3, -0.25) is 19.6 Å². The molecule has 2 aromatic rings. The number of para-hydroxylation sites is 1. The number of carbonyl (C=O) groups excluding carboxylic acids is 1. The van der Waals surface area contributed by atoms with Crippen LogP contribution in [-0.4, -0.2) is 83.0 Å². The molecule has 4 rings (SSSR count). The first kappa shape index (κ1) is 23.8. The van der Waals surface area contributed by atoms with Crippen molar-refractivity contribution >= 4 is 51.3 Å². The first-order valence-electron chi connectivity index (χ1n) is 10.9. The topological polar surface area (TPSA) is 105 Å². The standard InChI is InChI=1S/C22H28ClN7O2S/c1-14-4-3-5-16(23)20(14)28-21(32)17-13-24-22(33-17)27-18-12-19(26-15(2)25-18)30-8-6-29(7-9-30)10-11-31/h3-5,13,19,31H,6-12H2,1-2H3,(H,28,32)(H,24,25,26,27). The predicted octanol–water partition coefficient (Wildman–Crippen LogP) is 2.73.